The third kappa shape index (κ3) is 5.19. The molecule has 0 aromatic carbocycles. The Labute approximate surface area is 155 Å². The second-order valence-electron chi connectivity index (χ2n) is 7.16. The van der Waals surface area contributed by atoms with E-state index in [1.807, 2.05) is 4.90 Å². The molecule has 25 heavy (non-hydrogen) atoms. The molecule has 5 nitrogen and oxygen atoms in total. The van der Waals surface area contributed by atoms with Crippen LogP contribution in [0.1, 0.15) is 43.0 Å². The van der Waals surface area contributed by atoms with Crippen LogP contribution in [0.3, 0.4) is 0 Å². The second kappa shape index (κ2) is 9.55. The number of amides is 2. The summed E-state index contributed by atoms with van der Waals surface area (Å²) in [6, 6.07) is 4.55. The largest absolute Gasteiger partial charge is 0.383 e. The molecule has 2 heterocycles. The zero-order chi connectivity index (χ0) is 17.5. The Balaban J connectivity index is 1.55. The van der Waals surface area contributed by atoms with Gasteiger partial charge in [-0.2, -0.15) is 0 Å². The van der Waals surface area contributed by atoms with E-state index in [0.717, 1.165) is 39.3 Å². The molecule has 1 aliphatic carbocycles. The van der Waals surface area contributed by atoms with Crippen molar-refractivity contribution in [2.24, 2.45) is 5.92 Å². The van der Waals surface area contributed by atoms with E-state index in [0.29, 0.717) is 5.92 Å². The number of carbonyl (C=O) groups excluding carboxylic acids is 1. The van der Waals surface area contributed by atoms with Crippen LogP contribution in [-0.4, -0.2) is 62.3 Å². The maximum Gasteiger partial charge on any atom is 0.318 e. The topological polar surface area (TPSA) is 44.8 Å². The van der Waals surface area contributed by atoms with E-state index in [2.05, 4.69) is 27.7 Å². The van der Waals surface area contributed by atoms with Gasteiger partial charge in [0.15, 0.2) is 0 Å². The van der Waals surface area contributed by atoms with E-state index < -0.39 is 0 Å². The molecule has 6 heteroatoms. The third-order valence-electron chi connectivity index (χ3n) is 5.52. The molecule has 1 unspecified atom stereocenters. The Kier molecular flexibility index (Phi) is 7.13. The lowest BCUT2D eigenvalue weighted by Gasteiger charge is -2.37. The standard InChI is InChI=1S/C19H31N3O2S/c1-24-14-13-21-9-11-22(12-10-21)19(23)20-18(17-8-5-15-25-17)16-6-3-2-4-7-16/h5,8,15-16,18H,2-4,6-7,9-14H2,1H3,(H,20,23). The van der Waals surface area contributed by atoms with Crippen LogP contribution in [0, 0.1) is 5.92 Å². The monoisotopic (exact) mass is 365 g/mol. The Morgan fingerprint density at radius 2 is 2.04 bits per heavy atom. The summed E-state index contributed by atoms with van der Waals surface area (Å²) in [4.78, 5) is 18.5. The lowest BCUT2D eigenvalue weighted by atomic mass is 9.83. The molecule has 2 aliphatic rings. The predicted molar refractivity (Wildman–Crippen MR) is 102 cm³/mol. The smallest absolute Gasteiger partial charge is 0.318 e. The number of rotatable bonds is 6. The molecule has 0 radical (unpaired) electrons. The van der Waals surface area contributed by atoms with Crippen LogP contribution in [0.15, 0.2) is 17.5 Å². The van der Waals surface area contributed by atoms with E-state index in [1.165, 1.54) is 37.0 Å². The lowest BCUT2D eigenvalue weighted by Crippen LogP contribution is -2.53. The SMILES string of the molecule is COCCN1CCN(C(=O)NC(c2cccs2)C2CCCCC2)CC1. The summed E-state index contributed by atoms with van der Waals surface area (Å²) in [5.74, 6) is 0.583. The van der Waals surface area contributed by atoms with Crippen LogP contribution >= 0.6 is 11.3 Å². The van der Waals surface area contributed by atoms with Crippen molar-refractivity contribution < 1.29 is 9.53 Å². The van der Waals surface area contributed by atoms with Crippen LogP contribution < -0.4 is 5.32 Å². The van der Waals surface area contributed by atoms with Crippen molar-refractivity contribution in [2.45, 2.75) is 38.1 Å². The number of hydrogen-bond acceptors (Lipinski definition) is 4. The molecule has 2 amide bonds. The lowest BCUT2D eigenvalue weighted by molar-refractivity contribution is 0.104. The van der Waals surface area contributed by atoms with E-state index in [9.17, 15) is 4.79 Å². The molecule has 2 fully saturated rings. The van der Waals surface area contributed by atoms with Gasteiger partial charge >= 0.3 is 6.03 Å². The van der Waals surface area contributed by atoms with Crippen molar-refractivity contribution in [1.82, 2.24) is 15.1 Å². The van der Waals surface area contributed by atoms with Crippen LogP contribution in [0.2, 0.25) is 0 Å². The van der Waals surface area contributed by atoms with Gasteiger partial charge in [0.2, 0.25) is 0 Å². The maximum atomic E-state index is 12.8. The minimum Gasteiger partial charge on any atom is -0.383 e. The van der Waals surface area contributed by atoms with Gasteiger partial charge in [-0.05, 0) is 30.2 Å². The first kappa shape index (κ1) is 18.7. The number of nitrogens with zero attached hydrogens (tertiary/aromatic N) is 2. The highest BCUT2D eigenvalue weighted by atomic mass is 32.1. The highest BCUT2D eigenvalue weighted by Crippen LogP contribution is 2.36. The molecule has 3 rings (SSSR count). The number of methoxy groups -OCH3 is 1. The second-order valence-corrected chi connectivity index (χ2v) is 8.14. The Bertz CT molecular complexity index is 509. The molecular weight excluding hydrogens is 334 g/mol. The summed E-state index contributed by atoms with van der Waals surface area (Å²) >= 11 is 1.77. The highest BCUT2D eigenvalue weighted by molar-refractivity contribution is 7.10. The number of hydrogen-bond donors (Lipinski definition) is 1. The Morgan fingerprint density at radius 1 is 1.28 bits per heavy atom. The first-order valence-corrected chi connectivity index (χ1v) is 10.5. The van der Waals surface area contributed by atoms with E-state index in [1.54, 1.807) is 18.4 Å². The summed E-state index contributed by atoms with van der Waals surface area (Å²) in [6.45, 7) is 5.18. The first-order valence-electron chi connectivity index (χ1n) is 9.58. The van der Waals surface area contributed by atoms with Crippen LogP contribution in [0.5, 0.6) is 0 Å². The van der Waals surface area contributed by atoms with Gasteiger partial charge in [0.25, 0.3) is 0 Å². The summed E-state index contributed by atoms with van der Waals surface area (Å²) in [5, 5.41) is 5.49. The number of piperazine rings is 1. The van der Waals surface area contributed by atoms with Crippen LogP contribution in [-0.2, 0) is 4.74 Å². The molecule has 1 N–H and O–H groups in total. The molecule has 1 saturated carbocycles. The van der Waals surface area contributed by atoms with Crippen molar-refractivity contribution in [3.63, 3.8) is 0 Å². The minimum absolute atomic E-state index is 0.107. The van der Waals surface area contributed by atoms with Gasteiger partial charge < -0.3 is 15.0 Å². The van der Waals surface area contributed by atoms with Crippen molar-refractivity contribution in [2.75, 3.05) is 46.4 Å². The molecule has 1 atom stereocenters. The molecule has 1 aromatic heterocycles. The average Bonchev–Trinajstić information content (AvgIpc) is 3.20. The van der Waals surface area contributed by atoms with Crippen LogP contribution in [0.25, 0.3) is 0 Å². The van der Waals surface area contributed by atoms with E-state index in [-0.39, 0.29) is 12.1 Å². The third-order valence-corrected chi connectivity index (χ3v) is 6.48. The van der Waals surface area contributed by atoms with E-state index >= 15 is 0 Å². The number of carbonyl (C=O) groups is 1. The summed E-state index contributed by atoms with van der Waals surface area (Å²) in [7, 11) is 1.74. The fraction of sp³-hybridized carbons (Fsp3) is 0.737. The fourth-order valence-electron chi connectivity index (χ4n) is 3.98. The molecule has 1 aromatic rings. The number of ether oxygens (including phenoxy) is 1. The van der Waals surface area contributed by atoms with Crippen molar-refractivity contribution >= 4 is 17.4 Å². The van der Waals surface area contributed by atoms with Gasteiger partial charge in [0.1, 0.15) is 0 Å². The first-order chi connectivity index (χ1) is 12.3. The normalized spacial score (nSPS) is 21.2. The quantitative estimate of drug-likeness (QED) is 0.841. The molecule has 1 saturated heterocycles. The number of nitrogens with one attached hydrogen (secondary N) is 1. The summed E-state index contributed by atoms with van der Waals surface area (Å²) in [6.07, 6.45) is 6.38. The van der Waals surface area contributed by atoms with Gasteiger partial charge in [-0.3, -0.25) is 4.90 Å². The van der Waals surface area contributed by atoms with Crippen molar-refractivity contribution in [3.8, 4) is 0 Å². The maximum absolute atomic E-state index is 12.8. The van der Waals surface area contributed by atoms with Gasteiger partial charge in [-0.15, -0.1) is 11.3 Å². The zero-order valence-electron chi connectivity index (χ0n) is 15.3. The summed E-state index contributed by atoms with van der Waals surface area (Å²) in [5.41, 5.74) is 0. The molecule has 140 valence electrons. The highest BCUT2D eigenvalue weighted by Gasteiger charge is 2.29. The summed E-state index contributed by atoms with van der Waals surface area (Å²) < 4.78 is 5.15. The zero-order valence-corrected chi connectivity index (χ0v) is 16.1. The molecule has 0 spiro atoms. The number of urea groups is 1. The molecule has 0 bridgehead atoms. The van der Waals surface area contributed by atoms with Gasteiger partial charge in [-0.25, -0.2) is 4.79 Å². The van der Waals surface area contributed by atoms with Gasteiger partial charge in [-0.1, -0.05) is 25.3 Å². The van der Waals surface area contributed by atoms with Crippen LogP contribution in [0.4, 0.5) is 4.79 Å². The van der Waals surface area contributed by atoms with Gasteiger partial charge in [0, 0.05) is 44.7 Å². The minimum atomic E-state index is 0.107. The number of thiophene rings is 1. The van der Waals surface area contributed by atoms with Gasteiger partial charge in [0.05, 0.1) is 12.6 Å². The molecular formula is C19H31N3O2S. The van der Waals surface area contributed by atoms with Crippen molar-refractivity contribution in [1.29, 1.82) is 0 Å². The Hall–Kier alpha value is -1.11. The predicted octanol–water partition coefficient (Wildman–Crippen LogP) is 3.34. The van der Waals surface area contributed by atoms with E-state index in [4.69, 9.17) is 4.74 Å². The average molecular weight is 366 g/mol. The molecule has 1 aliphatic heterocycles. The fourth-order valence-corrected chi connectivity index (χ4v) is 4.85. The Morgan fingerprint density at radius 3 is 2.68 bits per heavy atom. The van der Waals surface area contributed by atoms with Crippen molar-refractivity contribution in [3.05, 3.63) is 22.4 Å².